The Morgan fingerprint density at radius 1 is 1.57 bits per heavy atom. The van der Waals surface area contributed by atoms with Crippen LogP contribution in [-0.2, 0) is 0 Å². The highest BCUT2D eigenvalue weighted by atomic mass is 16.3. The highest BCUT2D eigenvalue weighted by molar-refractivity contribution is 5.18. The summed E-state index contributed by atoms with van der Waals surface area (Å²) in [5.41, 5.74) is 2.00. The van der Waals surface area contributed by atoms with Crippen molar-refractivity contribution < 1.29 is 5.11 Å². The predicted octanol–water partition coefficient (Wildman–Crippen LogP) is 2.61. The van der Waals surface area contributed by atoms with Gasteiger partial charge in [0.25, 0.3) is 0 Å². The highest BCUT2D eigenvalue weighted by Gasteiger charge is 2.21. The van der Waals surface area contributed by atoms with Crippen LogP contribution in [0.5, 0.6) is 0 Å². The molecule has 76 valence electrons. The second kappa shape index (κ2) is 4.09. The SMILES string of the molecule is Cc1cc(C(O)CC2CCC2)ccn1. The van der Waals surface area contributed by atoms with Gasteiger partial charge < -0.3 is 5.11 Å². The van der Waals surface area contributed by atoms with Gasteiger partial charge in [0, 0.05) is 11.9 Å². The number of rotatable bonds is 3. The number of nitrogens with zero attached hydrogens (tertiary/aromatic N) is 1. The zero-order chi connectivity index (χ0) is 9.97. The van der Waals surface area contributed by atoms with Crippen molar-refractivity contribution in [3.63, 3.8) is 0 Å². The molecule has 0 aromatic carbocycles. The number of aliphatic hydroxyl groups is 1. The average Bonchev–Trinajstić information content (AvgIpc) is 2.11. The van der Waals surface area contributed by atoms with Crippen molar-refractivity contribution >= 4 is 0 Å². The minimum atomic E-state index is -0.290. The summed E-state index contributed by atoms with van der Waals surface area (Å²) in [4.78, 5) is 4.12. The highest BCUT2D eigenvalue weighted by Crippen LogP contribution is 2.34. The lowest BCUT2D eigenvalue weighted by Crippen LogP contribution is -2.14. The van der Waals surface area contributed by atoms with E-state index in [-0.39, 0.29) is 6.10 Å². The quantitative estimate of drug-likeness (QED) is 0.796. The van der Waals surface area contributed by atoms with Gasteiger partial charge in [-0.05, 0) is 37.0 Å². The van der Waals surface area contributed by atoms with Crippen LogP contribution in [0.2, 0.25) is 0 Å². The average molecular weight is 191 g/mol. The molecule has 1 saturated carbocycles. The second-order valence-electron chi connectivity index (χ2n) is 4.28. The molecule has 0 saturated heterocycles. The van der Waals surface area contributed by atoms with Crippen LogP contribution in [0.25, 0.3) is 0 Å². The van der Waals surface area contributed by atoms with E-state index >= 15 is 0 Å². The van der Waals surface area contributed by atoms with Crippen molar-refractivity contribution in [3.05, 3.63) is 29.6 Å². The summed E-state index contributed by atoms with van der Waals surface area (Å²) in [6, 6.07) is 3.89. The Hall–Kier alpha value is -0.890. The van der Waals surface area contributed by atoms with E-state index in [1.54, 1.807) is 6.20 Å². The fourth-order valence-corrected chi connectivity index (χ4v) is 1.96. The molecule has 2 rings (SSSR count). The minimum absolute atomic E-state index is 0.290. The second-order valence-corrected chi connectivity index (χ2v) is 4.28. The fraction of sp³-hybridized carbons (Fsp3) is 0.583. The molecule has 0 aliphatic heterocycles. The van der Waals surface area contributed by atoms with Gasteiger partial charge in [-0.25, -0.2) is 0 Å². The molecule has 0 amide bonds. The Kier molecular flexibility index (Phi) is 2.82. The normalized spacial score (nSPS) is 19.0. The maximum atomic E-state index is 9.95. The summed E-state index contributed by atoms with van der Waals surface area (Å²) in [5.74, 6) is 0.749. The zero-order valence-electron chi connectivity index (χ0n) is 8.61. The number of aliphatic hydroxyl groups excluding tert-OH is 1. The topological polar surface area (TPSA) is 33.1 Å². The first-order chi connectivity index (χ1) is 6.75. The number of aromatic nitrogens is 1. The van der Waals surface area contributed by atoms with Gasteiger partial charge >= 0.3 is 0 Å². The lowest BCUT2D eigenvalue weighted by atomic mass is 9.80. The van der Waals surface area contributed by atoms with Gasteiger partial charge in [-0.1, -0.05) is 19.3 Å². The third kappa shape index (κ3) is 2.13. The Labute approximate surface area is 85.0 Å². The number of hydrogen-bond acceptors (Lipinski definition) is 2. The summed E-state index contributed by atoms with van der Waals surface area (Å²) in [6.07, 6.45) is 6.33. The number of pyridine rings is 1. The van der Waals surface area contributed by atoms with Crippen LogP contribution in [-0.4, -0.2) is 10.1 Å². The molecule has 1 aliphatic carbocycles. The van der Waals surface area contributed by atoms with E-state index in [0.29, 0.717) is 0 Å². The first kappa shape index (κ1) is 9.66. The standard InChI is InChI=1S/C12H17NO/c1-9-7-11(5-6-13-9)12(14)8-10-3-2-4-10/h5-7,10,12,14H,2-4,8H2,1H3. The molecular formula is C12H17NO. The number of aryl methyl sites for hydroxylation is 1. The van der Waals surface area contributed by atoms with Crippen LogP contribution in [0.15, 0.2) is 18.3 Å². The van der Waals surface area contributed by atoms with Crippen LogP contribution in [0.4, 0.5) is 0 Å². The molecule has 0 bridgehead atoms. The van der Waals surface area contributed by atoms with E-state index in [9.17, 15) is 5.11 Å². The van der Waals surface area contributed by atoms with Gasteiger partial charge in [-0.3, -0.25) is 4.98 Å². The predicted molar refractivity (Wildman–Crippen MR) is 55.9 cm³/mol. The molecule has 1 aliphatic rings. The third-order valence-electron chi connectivity index (χ3n) is 3.09. The van der Waals surface area contributed by atoms with Crippen molar-refractivity contribution in [2.24, 2.45) is 5.92 Å². The van der Waals surface area contributed by atoms with Crippen LogP contribution in [0, 0.1) is 12.8 Å². The molecule has 0 radical (unpaired) electrons. The van der Waals surface area contributed by atoms with Crippen LogP contribution < -0.4 is 0 Å². The summed E-state index contributed by atoms with van der Waals surface area (Å²) < 4.78 is 0. The Balaban J connectivity index is 1.98. The van der Waals surface area contributed by atoms with Crippen LogP contribution in [0.1, 0.15) is 43.0 Å². The first-order valence-electron chi connectivity index (χ1n) is 5.36. The minimum Gasteiger partial charge on any atom is -0.388 e. The van der Waals surface area contributed by atoms with Crippen LogP contribution >= 0.6 is 0 Å². The molecule has 1 heterocycles. The molecule has 0 spiro atoms. The molecule has 1 N–H and O–H groups in total. The molecule has 1 aromatic rings. The van der Waals surface area contributed by atoms with E-state index in [2.05, 4.69) is 4.98 Å². The monoisotopic (exact) mass is 191 g/mol. The smallest absolute Gasteiger partial charge is 0.0793 e. The Morgan fingerprint density at radius 2 is 2.36 bits per heavy atom. The van der Waals surface area contributed by atoms with E-state index < -0.39 is 0 Å². The molecule has 1 atom stereocenters. The number of hydrogen-bond donors (Lipinski definition) is 1. The van der Waals surface area contributed by atoms with Gasteiger partial charge in [-0.2, -0.15) is 0 Å². The molecule has 2 nitrogen and oxygen atoms in total. The zero-order valence-corrected chi connectivity index (χ0v) is 8.61. The maximum absolute atomic E-state index is 9.95. The van der Waals surface area contributed by atoms with Gasteiger partial charge in [0.2, 0.25) is 0 Å². The summed E-state index contributed by atoms with van der Waals surface area (Å²) in [5, 5.41) is 9.95. The molecule has 2 heteroatoms. The van der Waals surface area contributed by atoms with E-state index in [4.69, 9.17) is 0 Å². The van der Waals surface area contributed by atoms with Crippen molar-refractivity contribution in [2.45, 2.75) is 38.7 Å². The first-order valence-corrected chi connectivity index (χ1v) is 5.36. The van der Waals surface area contributed by atoms with Crippen molar-refractivity contribution in [1.29, 1.82) is 0 Å². The van der Waals surface area contributed by atoms with E-state index in [0.717, 1.165) is 23.6 Å². The van der Waals surface area contributed by atoms with Crippen LogP contribution in [0.3, 0.4) is 0 Å². The summed E-state index contributed by atoms with van der Waals surface area (Å²) in [7, 11) is 0. The van der Waals surface area contributed by atoms with Crippen molar-refractivity contribution in [1.82, 2.24) is 4.98 Å². The molecule has 1 aromatic heterocycles. The molecule has 1 unspecified atom stereocenters. The van der Waals surface area contributed by atoms with Gasteiger partial charge in [0.15, 0.2) is 0 Å². The molecular weight excluding hydrogens is 174 g/mol. The van der Waals surface area contributed by atoms with Gasteiger partial charge in [0.1, 0.15) is 0 Å². The molecule has 14 heavy (non-hydrogen) atoms. The Bertz CT molecular complexity index is 307. The summed E-state index contributed by atoms with van der Waals surface area (Å²) in [6.45, 7) is 1.96. The van der Waals surface area contributed by atoms with Crippen molar-refractivity contribution in [2.75, 3.05) is 0 Å². The van der Waals surface area contributed by atoms with Gasteiger partial charge in [0.05, 0.1) is 6.10 Å². The van der Waals surface area contributed by atoms with Crippen molar-refractivity contribution in [3.8, 4) is 0 Å². The lowest BCUT2D eigenvalue weighted by molar-refractivity contribution is 0.118. The maximum Gasteiger partial charge on any atom is 0.0793 e. The molecule has 1 fully saturated rings. The van der Waals surface area contributed by atoms with E-state index in [1.165, 1.54) is 19.3 Å². The van der Waals surface area contributed by atoms with E-state index in [1.807, 2.05) is 19.1 Å². The third-order valence-corrected chi connectivity index (χ3v) is 3.09. The lowest BCUT2D eigenvalue weighted by Gasteiger charge is -2.27. The van der Waals surface area contributed by atoms with Gasteiger partial charge in [-0.15, -0.1) is 0 Å². The fourth-order valence-electron chi connectivity index (χ4n) is 1.96. The Morgan fingerprint density at radius 3 is 2.93 bits per heavy atom. The largest absolute Gasteiger partial charge is 0.388 e. The summed E-state index contributed by atoms with van der Waals surface area (Å²) >= 11 is 0.